The number of hydrogen-bond acceptors (Lipinski definition) is 4. The summed E-state index contributed by atoms with van der Waals surface area (Å²) < 4.78 is 5.12. The number of nitrogens with zero attached hydrogens (tertiary/aromatic N) is 1. The van der Waals surface area contributed by atoms with Crippen LogP contribution in [0.25, 0.3) is 0 Å². The van der Waals surface area contributed by atoms with E-state index in [1.165, 1.54) is 0 Å². The van der Waals surface area contributed by atoms with Crippen molar-refractivity contribution in [2.24, 2.45) is 0 Å². The number of ether oxygens (including phenoxy) is 1. The van der Waals surface area contributed by atoms with Crippen LogP contribution < -0.4 is 15.8 Å². The molecule has 0 atom stereocenters. The number of carbonyl (C=O) groups is 2. The number of amides is 2. The molecule has 0 spiro atoms. The Kier molecular flexibility index (Phi) is 5.63. The van der Waals surface area contributed by atoms with Crippen molar-refractivity contribution in [2.75, 3.05) is 31.2 Å². The van der Waals surface area contributed by atoms with Gasteiger partial charge in [-0.2, -0.15) is 0 Å². The van der Waals surface area contributed by atoms with Crippen molar-refractivity contribution < 1.29 is 14.3 Å². The molecule has 2 amide bonds. The number of nitrogens with one attached hydrogen (secondary N) is 1. The number of methoxy groups -OCH3 is 1. The number of carbonyl (C=O) groups excluding carboxylic acids is 2. The van der Waals surface area contributed by atoms with Crippen molar-refractivity contribution >= 4 is 23.2 Å². The summed E-state index contributed by atoms with van der Waals surface area (Å²) in [5, 5.41) is 2.75. The highest BCUT2D eigenvalue weighted by molar-refractivity contribution is 5.97. The first kappa shape index (κ1) is 16.1. The highest BCUT2D eigenvalue weighted by atomic mass is 16.5. The lowest BCUT2D eigenvalue weighted by molar-refractivity contribution is -0.135. The molecule has 6 nitrogen and oxygen atoms in total. The van der Waals surface area contributed by atoms with Gasteiger partial charge in [0.05, 0.1) is 25.0 Å². The van der Waals surface area contributed by atoms with Crippen molar-refractivity contribution in [2.45, 2.75) is 32.1 Å². The van der Waals surface area contributed by atoms with Crippen LogP contribution in [0.15, 0.2) is 18.2 Å². The maximum atomic E-state index is 12.2. The molecule has 0 radical (unpaired) electrons. The van der Waals surface area contributed by atoms with Gasteiger partial charge in [0.2, 0.25) is 11.8 Å². The summed E-state index contributed by atoms with van der Waals surface area (Å²) in [4.78, 5) is 25.8. The van der Waals surface area contributed by atoms with Gasteiger partial charge in [0.25, 0.3) is 0 Å². The van der Waals surface area contributed by atoms with E-state index < -0.39 is 0 Å². The summed E-state index contributed by atoms with van der Waals surface area (Å²) >= 11 is 0. The van der Waals surface area contributed by atoms with Gasteiger partial charge < -0.3 is 20.7 Å². The number of hydrogen-bond donors (Lipinski definition) is 2. The van der Waals surface area contributed by atoms with Gasteiger partial charge in [0, 0.05) is 19.0 Å². The molecule has 1 aliphatic heterocycles. The van der Waals surface area contributed by atoms with Gasteiger partial charge in [-0.1, -0.05) is 12.8 Å². The van der Waals surface area contributed by atoms with Crippen LogP contribution in [0, 0.1) is 0 Å². The van der Waals surface area contributed by atoms with Crippen molar-refractivity contribution in [1.82, 2.24) is 4.90 Å². The molecule has 1 fully saturated rings. The minimum Gasteiger partial charge on any atom is -0.497 e. The molecule has 22 heavy (non-hydrogen) atoms. The SMILES string of the molecule is COc1ccc(N)c(NC(=O)CN2CCCCCCC2=O)c1. The predicted octanol–water partition coefficient (Wildman–Crippen LogP) is 2.01. The third-order valence-corrected chi connectivity index (χ3v) is 3.79. The molecular weight excluding hydrogens is 282 g/mol. The average Bonchev–Trinajstić information content (AvgIpc) is 2.49. The van der Waals surface area contributed by atoms with E-state index in [2.05, 4.69) is 5.32 Å². The third kappa shape index (κ3) is 4.38. The van der Waals surface area contributed by atoms with E-state index in [4.69, 9.17) is 10.5 Å². The normalized spacial score (nSPS) is 15.9. The standard InChI is InChI=1S/C16H23N3O3/c1-22-12-7-8-13(17)14(10-12)18-15(20)11-19-9-5-3-2-4-6-16(19)21/h7-8,10H,2-6,9,11,17H2,1H3,(H,18,20). The van der Waals surface area contributed by atoms with Crippen LogP contribution >= 0.6 is 0 Å². The Hall–Kier alpha value is -2.24. The van der Waals surface area contributed by atoms with Gasteiger partial charge >= 0.3 is 0 Å². The molecule has 6 heteroatoms. The second kappa shape index (κ2) is 7.68. The van der Waals surface area contributed by atoms with Crippen molar-refractivity contribution in [3.05, 3.63) is 18.2 Å². The molecule has 0 saturated carbocycles. The maximum absolute atomic E-state index is 12.2. The van der Waals surface area contributed by atoms with Crippen LogP contribution in [0.2, 0.25) is 0 Å². The Bertz CT molecular complexity index is 545. The summed E-state index contributed by atoms with van der Waals surface area (Å²) in [6.45, 7) is 0.704. The number of nitrogens with two attached hydrogens (primary N) is 1. The molecule has 3 N–H and O–H groups in total. The van der Waals surface area contributed by atoms with E-state index in [-0.39, 0.29) is 18.4 Å². The molecule has 0 aliphatic carbocycles. The van der Waals surface area contributed by atoms with Crippen LogP contribution in [0.1, 0.15) is 32.1 Å². The molecule has 0 unspecified atom stereocenters. The maximum Gasteiger partial charge on any atom is 0.244 e. The van der Waals surface area contributed by atoms with Crippen molar-refractivity contribution in [1.29, 1.82) is 0 Å². The van der Waals surface area contributed by atoms with Gasteiger partial charge in [-0.05, 0) is 25.0 Å². The molecule has 120 valence electrons. The third-order valence-electron chi connectivity index (χ3n) is 3.79. The van der Waals surface area contributed by atoms with Gasteiger partial charge in [0.15, 0.2) is 0 Å². The smallest absolute Gasteiger partial charge is 0.244 e. The van der Waals surface area contributed by atoms with E-state index in [9.17, 15) is 9.59 Å². The number of likely N-dealkylation sites (tertiary alicyclic amines) is 1. The van der Waals surface area contributed by atoms with Gasteiger partial charge in [0.1, 0.15) is 5.75 Å². The predicted molar refractivity (Wildman–Crippen MR) is 85.7 cm³/mol. The van der Waals surface area contributed by atoms with Gasteiger partial charge in [-0.25, -0.2) is 0 Å². The Morgan fingerprint density at radius 2 is 2.09 bits per heavy atom. The second-order valence-electron chi connectivity index (χ2n) is 5.48. The summed E-state index contributed by atoms with van der Waals surface area (Å²) in [7, 11) is 1.55. The first-order valence-corrected chi connectivity index (χ1v) is 7.61. The Balaban J connectivity index is 1.98. The number of rotatable bonds is 4. The first-order chi connectivity index (χ1) is 10.6. The number of nitrogen functional groups attached to an aromatic ring is 1. The van der Waals surface area contributed by atoms with E-state index in [0.29, 0.717) is 30.1 Å². The monoisotopic (exact) mass is 305 g/mol. The Labute approximate surface area is 130 Å². The fourth-order valence-electron chi connectivity index (χ4n) is 2.52. The lowest BCUT2D eigenvalue weighted by atomic mass is 10.1. The minimum absolute atomic E-state index is 0.0495. The molecule has 1 saturated heterocycles. The molecule has 1 aliphatic rings. The number of benzene rings is 1. The average molecular weight is 305 g/mol. The molecular formula is C16H23N3O3. The molecule has 1 aromatic carbocycles. The van der Waals surface area contributed by atoms with Crippen LogP contribution in [0.3, 0.4) is 0 Å². The van der Waals surface area contributed by atoms with Crippen LogP contribution in [-0.4, -0.2) is 36.9 Å². The van der Waals surface area contributed by atoms with Gasteiger partial charge in [-0.15, -0.1) is 0 Å². The van der Waals surface area contributed by atoms with Crippen LogP contribution in [0.5, 0.6) is 5.75 Å². The quantitative estimate of drug-likeness (QED) is 0.833. The fraction of sp³-hybridized carbons (Fsp3) is 0.500. The van der Waals surface area contributed by atoms with Gasteiger partial charge in [-0.3, -0.25) is 9.59 Å². The number of anilines is 2. The highest BCUT2D eigenvalue weighted by Crippen LogP contribution is 2.24. The molecule has 0 aromatic heterocycles. The summed E-state index contributed by atoms with van der Waals surface area (Å²) in [6.07, 6.45) is 4.56. The largest absolute Gasteiger partial charge is 0.497 e. The summed E-state index contributed by atoms with van der Waals surface area (Å²) in [5.74, 6) is 0.425. The topological polar surface area (TPSA) is 84.7 Å². The second-order valence-corrected chi connectivity index (χ2v) is 5.48. The summed E-state index contributed by atoms with van der Waals surface area (Å²) in [6, 6.07) is 5.07. The lowest BCUT2D eigenvalue weighted by Crippen LogP contribution is -2.39. The van der Waals surface area contributed by atoms with Crippen LogP contribution in [0.4, 0.5) is 11.4 Å². The zero-order chi connectivity index (χ0) is 15.9. The van der Waals surface area contributed by atoms with E-state index in [0.717, 1.165) is 25.7 Å². The minimum atomic E-state index is -0.242. The van der Waals surface area contributed by atoms with E-state index in [1.807, 2.05) is 0 Å². The summed E-state index contributed by atoms with van der Waals surface area (Å²) in [5.41, 5.74) is 6.82. The molecule has 1 heterocycles. The van der Waals surface area contributed by atoms with Crippen molar-refractivity contribution in [3.8, 4) is 5.75 Å². The van der Waals surface area contributed by atoms with Crippen LogP contribution in [-0.2, 0) is 9.59 Å². The molecule has 0 bridgehead atoms. The van der Waals surface area contributed by atoms with E-state index in [1.54, 1.807) is 30.2 Å². The van der Waals surface area contributed by atoms with E-state index >= 15 is 0 Å². The molecule has 1 aromatic rings. The lowest BCUT2D eigenvalue weighted by Gasteiger charge is -2.24. The first-order valence-electron chi connectivity index (χ1n) is 7.61. The Morgan fingerprint density at radius 1 is 1.32 bits per heavy atom. The zero-order valence-corrected chi connectivity index (χ0v) is 12.9. The fourth-order valence-corrected chi connectivity index (χ4v) is 2.52. The molecule has 2 rings (SSSR count). The van der Waals surface area contributed by atoms with Crippen molar-refractivity contribution in [3.63, 3.8) is 0 Å². The highest BCUT2D eigenvalue weighted by Gasteiger charge is 2.18. The zero-order valence-electron chi connectivity index (χ0n) is 12.9. The Morgan fingerprint density at radius 3 is 2.86 bits per heavy atom.